The second-order valence-corrected chi connectivity index (χ2v) is 6.42. The minimum atomic E-state index is -0.390. The molecule has 142 valence electrons. The molecule has 0 aromatic heterocycles. The highest BCUT2D eigenvalue weighted by molar-refractivity contribution is 5.78. The number of benzene rings is 2. The van der Waals surface area contributed by atoms with Crippen LogP contribution in [0.4, 0.5) is 10.1 Å². The third-order valence-electron chi connectivity index (χ3n) is 4.49. The molecule has 1 fully saturated rings. The topological polar surface area (TPSA) is 75.9 Å². The van der Waals surface area contributed by atoms with E-state index in [0.29, 0.717) is 31.9 Å². The Morgan fingerprint density at radius 2 is 1.59 bits per heavy atom. The number of anilines is 1. The SMILES string of the molecule is NC(=O)Cc1ccc(OCC(=O)N2CCN(c3ccc(F)cc3)CC2)cc1. The largest absolute Gasteiger partial charge is 0.484 e. The van der Waals surface area contributed by atoms with E-state index >= 15 is 0 Å². The van der Waals surface area contributed by atoms with E-state index in [-0.39, 0.29) is 24.8 Å². The first-order chi connectivity index (χ1) is 13.0. The first-order valence-electron chi connectivity index (χ1n) is 8.79. The number of carbonyl (C=O) groups excluding carboxylic acids is 2. The van der Waals surface area contributed by atoms with Crippen molar-refractivity contribution in [3.63, 3.8) is 0 Å². The quantitative estimate of drug-likeness (QED) is 0.837. The van der Waals surface area contributed by atoms with E-state index in [0.717, 1.165) is 11.3 Å². The summed E-state index contributed by atoms with van der Waals surface area (Å²) in [5, 5.41) is 0. The van der Waals surface area contributed by atoms with Crippen LogP contribution in [0.25, 0.3) is 0 Å². The maximum absolute atomic E-state index is 13.0. The Bertz CT molecular complexity index is 785. The van der Waals surface area contributed by atoms with Crippen LogP contribution in [0.1, 0.15) is 5.56 Å². The van der Waals surface area contributed by atoms with Crippen molar-refractivity contribution in [1.29, 1.82) is 0 Å². The van der Waals surface area contributed by atoms with Crippen molar-refractivity contribution in [2.75, 3.05) is 37.7 Å². The number of nitrogens with two attached hydrogens (primary N) is 1. The molecule has 1 saturated heterocycles. The molecule has 0 saturated carbocycles. The van der Waals surface area contributed by atoms with Gasteiger partial charge in [-0.25, -0.2) is 4.39 Å². The number of primary amides is 1. The van der Waals surface area contributed by atoms with Crippen LogP contribution in [0.2, 0.25) is 0 Å². The molecule has 2 N–H and O–H groups in total. The Labute approximate surface area is 157 Å². The predicted octanol–water partition coefficient (Wildman–Crippen LogP) is 1.58. The average molecular weight is 371 g/mol. The zero-order chi connectivity index (χ0) is 19.2. The summed E-state index contributed by atoms with van der Waals surface area (Å²) in [6.07, 6.45) is 0.178. The van der Waals surface area contributed by atoms with Crippen LogP contribution in [0.15, 0.2) is 48.5 Å². The van der Waals surface area contributed by atoms with Crippen molar-refractivity contribution in [3.05, 3.63) is 59.9 Å². The minimum Gasteiger partial charge on any atom is -0.484 e. The summed E-state index contributed by atoms with van der Waals surface area (Å²) < 4.78 is 18.6. The fourth-order valence-electron chi connectivity index (χ4n) is 3.01. The van der Waals surface area contributed by atoms with E-state index in [1.54, 1.807) is 41.3 Å². The van der Waals surface area contributed by atoms with Gasteiger partial charge in [0, 0.05) is 31.9 Å². The molecule has 27 heavy (non-hydrogen) atoms. The van der Waals surface area contributed by atoms with Crippen molar-refractivity contribution in [2.45, 2.75) is 6.42 Å². The van der Waals surface area contributed by atoms with Crippen molar-refractivity contribution in [3.8, 4) is 5.75 Å². The van der Waals surface area contributed by atoms with Gasteiger partial charge in [0.2, 0.25) is 5.91 Å². The molecule has 0 atom stereocenters. The fraction of sp³-hybridized carbons (Fsp3) is 0.300. The first-order valence-corrected chi connectivity index (χ1v) is 8.79. The lowest BCUT2D eigenvalue weighted by Crippen LogP contribution is -2.50. The Kier molecular flexibility index (Phi) is 5.90. The molecule has 2 aromatic carbocycles. The Balaban J connectivity index is 1.45. The Morgan fingerprint density at radius 3 is 2.19 bits per heavy atom. The molecule has 1 aliphatic heterocycles. The van der Waals surface area contributed by atoms with Gasteiger partial charge in [0.1, 0.15) is 11.6 Å². The summed E-state index contributed by atoms with van der Waals surface area (Å²) in [4.78, 5) is 27.1. The highest BCUT2D eigenvalue weighted by Gasteiger charge is 2.21. The number of carbonyl (C=O) groups is 2. The molecule has 7 heteroatoms. The summed E-state index contributed by atoms with van der Waals surface area (Å²) >= 11 is 0. The van der Waals surface area contributed by atoms with E-state index in [1.165, 1.54) is 12.1 Å². The van der Waals surface area contributed by atoms with E-state index in [2.05, 4.69) is 4.90 Å². The third-order valence-corrected chi connectivity index (χ3v) is 4.49. The summed E-state index contributed by atoms with van der Waals surface area (Å²) in [7, 11) is 0. The molecule has 2 aromatic rings. The predicted molar refractivity (Wildman–Crippen MR) is 100 cm³/mol. The highest BCUT2D eigenvalue weighted by atomic mass is 19.1. The van der Waals surface area contributed by atoms with E-state index < -0.39 is 5.91 Å². The van der Waals surface area contributed by atoms with Crippen molar-refractivity contribution >= 4 is 17.5 Å². The maximum atomic E-state index is 13.0. The van der Waals surface area contributed by atoms with Gasteiger partial charge in [-0.1, -0.05) is 12.1 Å². The van der Waals surface area contributed by atoms with Gasteiger partial charge in [-0.05, 0) is 42.0 Å². The van der Waals surface area contributed by atoms with Gasteiger partial charge < -0.3 is 20.3 Å². The smallest absolute Gasteiger partial charge is 0.260 e. The van der Waals surface area contributed by atoms with Crippen molar-refractivity contribution in [2.24, 2.45) is 5.73 Å². The standard InChI is InChI=1S/C20H22FN3O3/c21-16-3-5-17(6-4-16)23-9-11-24(12-10-23)20(26)14-27-18-7-1-15(2-8-18)13-19(22)25/h1-8H,9-14H2,(H2,22,25). The van der Waals surface area contributed by atoms with Gasteiger partial charge >= 0.3 is 0 Å². The normalized spacial score (nSPS) is 14.1. The maximum Gasteiger partial charge on any atom is 0.260 e. The minimum absolute atomic E-state index is 0.0360. The number of amides is 2. The molecular formula is C20H22FN3O3. The number of rotatable bonds is 6. The molecule has 3 rings (SSSR count). The lowest BCUT2D eigenvalue weighted by molar-refractivity contribution is -0.133. The van der Waals surface area contributed by atoms with Gasteiger partial charge in [0.05, 0.1) is 6.42 Å². The molecule has 1 heterocycles. The summed E-state index contributed by atoms with van der Waals surface area (Å²) in [5.41, 5.74) is 6.91. The van der Waals surface area contributed by atoms with Gasteiger partial charge in [0.25, 0.3) is 5.91 Å². The molecule has 0 spiro atoms. The monoisotopic (exact) mass is 371 g/mol. The lowest BCUT2D eigenvalue weighted by Gasteiger charge is -2.36. The molecule has 0 unspecified atom stereocenters. The number of ether oxygens (including phenoxy) is 1. The molecule has 1 aliphatic rings. The zero-order valence-electron chi connectivity index (χ0n) is 14.9. The van der Waals surface area contributed by atoms with Crippen LogP contribution < -0.4 is 15.4 Å². The fourth-order valence-corrected chi connectivity index (χ4v) is 3.01. The van der Waals surface area contributed by atoms with Crippen LogP contribution in [-0.2, 0) is 16.0 Å². The van der Waals surface area contributed by atoms with Crippen LogP contribution in [0.3, 0.4) is 0 Å². The van der Waals surface area contributed by atoms with Gasteiger partial charge in [-0.3, -0.25) is 9.59 Å². The molecular weight excluding hydrogens is 349 g/mol. The number of hydrogen-bond donors (Lipinski definition) is 1. The second kappa shape index (κ2) is 8.53. The van der Waals surface area contributed by atoms with Crippen LogP contribution >= 0.6 is 0 Å². The van der Waals surface area contributed by atoms with E-state index in [4.69, 9.17) is 10.5 Å². The van der Waals surface area contributed by atoms with Crippen LogP contribution in [-0.4, -0.2) is 49.5 Å². The van der Waals surface area contributed by atoms with Crippen molar-refractivity contribution in [1.82, 2.24) is 4.90 Å². The second-order valence-electron chi connectivity index (χ2n) is 6.42. The third kappa shape index (κ3) is 5.20. The summed E-state index contributed by atoms with van der Waals surface area (Å²) in [6, 6.07) is 13.3. The molecule has 0 bridgehead atoms. The van der Waals surface area contributed by atoms with Crippen LogP contribution in [0, 0.1) is 5.82 Å². The molecule has 0 radical (unpaired) electrons. The number of hydrogen-bond acceptors (Lipinski definition) is 4. The number of piperazine rings is 1. The summed E-state index contributed by atoms with van der Waals surface area (Å²) in [5.74, 6) is -0.150. The first kappa shape index (κ1) is 18.7. The zero-order valence-corrected chi connectivity index (χ0v) is 14.9. The molecule has 0 aliphatic carbocycles. The van der Waals surface area contributed by atoms with Crippen LogP contribution in [0.5, 0.6) is 5.75 Å². The molecule has 2 amide bonds. The van der Waals surface area contributed by atoms with Gasteiger partial charge in [-0.2, -0.15) is 0 Å². The summed E-state index contributed by atoms with van der Waals surface area (Å²) in [6.45, 7) is 2.54. The van der Waals surface area contributed by atoms with E-state index in [9.17, 15) is 14.0 Å². The molecule has 6 nitrogen and oxygen atoms in total. The lowest BCUT2D eigenvalue weighted by atomic mass is 10.1. The average Bonchev–Trinajstić information content (AvgIpc) is 2.67. The number of halogens is 1. The Morgan fingerprint density at radius 1 is 0.963 bits per heavy atom. The van der Waals surface area contributed by atoms with Crippen molar-refractivity contribution < 1.29 is 18.7 Å². The number of nitrogens with zero attached hydrogens (tertiary/aromatic N) is 2. The highest BCUT2D eigenvalue weighted by Crippen LogP contribution is 2.17. The van der Waals surface area contributed by atoms with Gasteiger partial charge in [0.15, 0.2) is 6.61 Å². The van der Waals surface area contributed by atoms with Gasteiger partial charge in [-0.15, -0.1) is 0 Å². The van der Waals surface area contributed by atoms with E-state index in [1.807, 2.05) is 0 Å². The Hall–Kier alpha value is -3.09.